The zero-order chi connectivity index (χ0) is 14.7. The van der Waals surface area contributed by atoms with Crippen LogP contribution in [0.25, 0.3) is 0 Å². The maximum absolute atomic E-state index is 12.5. The molecule has 0 aliphatic carbocycles. The largest absolute Gasteiger partial charge is 0.341 e. The van der Waals surface area contributed by atoms with Gasteiger partial charge in [0.2, 0.25) is 11.8 Å². The Kier molecular flexibility index (Phi) is 4.23. The van der Waals surface area contributed by atoms with Gasteiger partial charge in [-0.2, -0.15) is 0 Å². The van der Waals surface area contributed by atoms with E-state index in [0.29, 0.717) is 6.42 Å². The van der Waals surface area contributed by atoms with E-state index in [9.17, 15) is 9.59 Å². The van der Waals surface area contributed by atoms with Crippen molar-refractivity contribution in [2.24, 2.45) is 0 Å². The summed E-state index contributed by atoms with van der Waals surface area (Å²) in [4.78, 5) is 28.4. The van der Waals surface area contributed by atoms with E-state index in [1.165, 1.54) is 12.0 Å². The molecule has 3 rings (SSSR count). The van der Waals surface area contributed by atoms with Crippen LogP contribution in [0.1, 0.15) is 37.7 Å². The van der Waals surface area contributed by atoms with Gasteiger partial charge in [-0.15, -0.1) is 0 Å². The minimum absolute atomic E-state index is 0.0744. The normalized spacial score (nSPS) is 19.1. The van der Waals surface area contributed by atoms with Crippen LogP contribution in [0.15, 0.2) is 24.3 Å². The number of rotatable bonds is 2. The van der Waals surface area contributed by atoms with Crippen molar-refractivity contribution in [3.63, 3.8) is 0 Å². The van der Waals surface area contributed by atoms with Gasteiger partial charge in [0, 0.05) is 25.2 Å². The molecule has 0 atom stereocenters. The molecule has 0 aromatic heterocycles. The molecular formula is C17H22N2O2. The molecule has 1 fully saturated rings. The van der Waals surface area contributed by atoms with E-state index < -0.39 is 0 Å². The monoisotopic (exact) mass is 286 g/mol. The highest BCUT2D eigenvalue weighted by atomic mass is 16.2. The molecule has 1 aromatic carbocycles. The van der Waals surface area contributed by atoms with E-state index in [2.05, 4.69) is 6.07 Å². The van der Waals surface area contributed by atoms with Crippen LogP contribution < -0.4 is 4.90 Å². The first-order valence-electron chi connectivity index (χ1n) is 7.92. The number of hydrogen-bond acceptors (Lipinski definition) is 2. The summed E-state index contributed by atoms with van der Waals surface area (Å²) in [5.74, 6) is 0.157. The Morgan fingerprint density at radius 3 is 2.57 bits per heavy atom. The Labute approximate surface area is 125 Å². The maximum Gasteiger partial charge on any atom is 0.242 e. The number of nitrogens with zero attached hydrogens (tertiary/aromatic N) is 2. The molecular weight excluding hydrogens is 264 g/mol. The molecule has 0 spiro atoms. The van der Waals surface area contributed by atoms with Crippen molar-refractivity contribution in [3.8, 4) is 0 Å². The quantitative estimate of drug-likeness (QED) is 0.837. The lowest BCUT2D eigenvalue weighted by molar-refractivity contribution is -0.132. The van der Waals surface area contributed by atoms with Crippen LogP contribution in [0.4, 0.5) is 5.69 Å². The zero-order valence-electron chi connectivity index (χ0n) is 12.4. The van der Waals surface area contributed by atoms with Crippen molar-refractivity contribution in [1.29, 1.82) is 0 Å². The summed E-state index contributed by atoms with van der Waals surface area (Å²) in [7, 11) is 0. The van der Waals surface area contributed by atoms with Gasteiger partial charge in [-0.05, 0) is 43.7 Å². The fourth-order valence-electron chi connectivity index (χ4n) is 3.24. The number of fused-ring (bicyclic) bond motifs is 1. The minimum Gasteiger partial charge on any atom is -0.341 e. The van der Waals surface area contributed by atoms with E-state index in [1.54, 1.807) is 4.90 Å². The lowest BCUT2D eigenvalue weighted by atomic mass is 10.1. The first-order valence-corrected chi connectivity index (χ1v) is 7.92. The number of para-hydroxylation sites is 1. The third kappa shape index (κ3) is 3.09. The summed E-state index contributed by atoms with van der Waals surface area (Å²) < 4.78 is 0. The first-order chi connectivity index (χ1) is 10.3. The highest BCUT2D eigenvalue weighted by molar-refractivity contribution is 5.99. The number of carbonyl (C=O) groups is 2. The van der Waals surface area contributed by atoms with Crippen molar-refractivity contribution in [1.82, 2.24) is 4.90 Å². The van der Waals surface area contributed by atoms with Crippen molar-refractivity contribution in [2.75, 3.05) is 24.5 Å². The van der Waals surface area contributed by atoms with Crippen LogP contribution in [0.2, 0.25) is 0 Å². The maximum atomic E-state index is 12.5. The number of likely N-dealkylation sites (tertiary alicyclic amines) is 1. The van der Waals surface area contributed by atoms with E-state index in [1.807, 2.05) is 23.1 Å². The molecule has 2 aliphatic heterocycles. The number of amides is 2. The third-order valence-electron chi connectivity index (χ3n) is 4.42. The summed E-state index contributed by atoms with van der Waals surface area (Å²) in [5, 5.41) is 0. The van der Waals surface area contributed by atoms with E-state index in [0.717, 1.165) is 44.5 Å². The van der Waals surface area contributed by atoms with Gasteiger partial charge in [-0.25, -0.2) is 0 Å². The van der Waals surface area contributed by atoms with Gasteiger partial charge in [0.15, 0.2) is 0 Å². The standard InChI is InChI=1S/C17H22N2O2/c20-16-10-6-8-14-7-2-3-9-15(14)19(16)13-17(21)18-11-4-1-5-12-18/h2-3,7,9H,1,4-6,8,10-13H2. The topological polar surface area (TPSA) is 40.6 Å². The summed E-state index contributed by atoms with van der Waals surface area (Å²) >= 11 is 0. The second-order valence-electron chi connectivity index (χ2n) is 5.90. The molecule has 2 aliphatic rings. The lowest BCUT2D eigenvalue weighted by Crippen LogP contribution is -2.44. The smallest absolute Gasteiger partial charge is 0.242 e. The Morgan fingerprint density at radius 2 is 1.76 bits per heavy atom. The Morgan fingerprint density at radius 1 is 1.00 bits per heavy atom. The fourth-order valence-corrected chi connectivity index (χ4v) is 3.24. The van der Waals surface area contributed by atoms with Crippen LogP contribution in [-0.4, -0.2) is 36.3 Å². The molecule has 21 heavy (non-hydrogen) atoms. The van der Waals surface area contributed by atoms with Crippen molar-refractivity contribution < 1.29 is 9.59 Å². The molecule has 0 unspecified atom stereocenters. The molecule has 112 valence electrons. The molecule has 2 amide bonds. The molecule has 4 nitrogen and oxygen atoms in total. The summed E-state index contributed by atoms with van der Waals surface area (Å²) in [6, 6.07) is 7.96. The first kappa shape index (κ1) is 14.1. The third-order valence-corrected chi connectivity index (χ3v) is 4.42. The minimum atomic E-state index is 0.0744. The predicted octanol–water partition coefficient (Wildman–Crippen LogP) is 2.37. The number of benzene rings is 1. The van der Waals surface area contributed by atoms with Gasteiger partial charge in [0.25, 0.3) is 0 Å². The van der Waals surface area contributed by atoms with Crippen molar-refractivity contribution in [3.05, 3.63) is 29.8 Å². The Balaban J connectivity index is 1.79. The average Bonchev–Trinajstić information content (AvgIpc) is 2.68. The van der Waals surface area contributed by atoms with E-state index in [-0.39, 0.29) is 18.4 Å². The Hall–Kier alpha value is -1.84. The van der Waals surface area contributed by atoms with Gasteiger partial charge in [-0.1, -0.05) is 18.2 Å². The van der Waals surface area contributed by atoms with E-state index in [4.69, 9.17) is 0 Å². The fraction of sp³-hybridized carbons (Fsp3) is 0.529. The second kappa shape index (κ2) is 6.29. The summed E-state index contributed by atoms with van der Waals surface area (Å²) in [6.45, 7) is 1.86. The van der Waals surface area contributed by atoms with E-state index >= 15 is 0 Å². The van der Waals surface area contributed by atoms with Crippen LogP contribution in [-0.2, 0) is 16.0 Å². The average molecular weight is 286 g/mol. The molecule has 0 saturated carbocycles. The molecule has 1 saturated heterocycles. The number of piperidine rings is 1. The van der Waals surface area contributed by atoms with Gasteiger partial charge < -0.3 is 9.80 Å². The number of hydrogen-bond donors (Lipinski definition) is 0. The predicted molar refractivity (Wildman–Crippen MR) is 82.2 cm³/mol. The molecule has 4 heteroatoms. The van der Waals surface area contributed by atoms with Crippen LogP contribution in [0.5, 0.6) is 0 Å². The van der Waals surface area contributed by atoms with Gasteiger partial charge in [-0.3, -0.25) is 9.59 Å². The van der Waals surface area contributed by atoms with Gasteiger partial charge >= 0.3 is 0 Å². The summed E-state index contributed by atoms with van der Waals surface area (Å²) in [6.07, 6.45) is 5.67. The van der Waals surface area contributed by atoms with Gasteiger partial charge in [0.05, 0.1) is 0 Å². The van der Waals surface area contributed by atoms with Crippen molar-refractivity contribution in [2.45, 2.75) is 38.5 Å². The SMILES string of the molecule is O=C(CN1C(=O)CCCc2ccccc21)N1CCCCC1. The highest BCUT2D eigenvalue weighted by Crippen LogP contribution is 2.26. The second-order valence-corrected chi connectivity index (χ2v) is 5.90. The van der Waals surface area contributed by atoms with Crippen LogP contribution in [0.3, 0.4) is 0 Å². The van der Waals surface area contributed by atoms with Crippen molar-refractivity contribution >= 4 is 17.5 Å². The molecule has 0 bridgehead atoms. The highest BCUT2D eigenvalue weighted by Gasteiger charge is 2.26. The molecule has 1 aromatic rings. The molecule has 2 heterocycles. The number of aryl methyl sites for hydroxylation is 1. The number of anilines is 1. The zero-order valence-corrected chi connectivity index (χ0v) is 12.4. The number of carbonyl (C=O) groups excluding carboxylic acids is 2. The Bertz CT molecular complexity index is 535. The molecule has 0 radical (unpaired) electrons. The van der Waals surface area contributed by atoms with Gasteiger partial charge in [0.1, 0.15) is 6.54 Å². The lowest BCUT2D eigenvalue weighted by Gasteiger charge is -2.30. The molecule has 0 N–H and O–H groups in total. The van der Waals surface area contributed by atoms with Crippen LogP contribution >= 0.6 is 0 Å². The summed E-state index contributed by atoms with van der Waals surface area (Å²) in [5.41, 5.74) is 2.10. The van der Waals surface area contributed by atoms with Crippen LogP contribution in [0, 0.1) is 0 Å².